The Balaban J connectivity index is 2.10. The van der Waals surface area contributed by atoms with Gasteiger partial charge in [-0.3, -0.25) is 0 Å². The van der Waals surface area contributed by atoms with Crippen LogP contribution in [0.2, 0.25) is 0 Å². The van der Waals surface area contributed by atoms with E-state index < -0.39 is 0 Å². The van der Waals surface area contributed by atoms with Gasteiger partial charge in [0.05, 0.1) is 0 Å². The van der Waals surface area contributed by atoms with E-state index in [0.717, 1.165) is 17.5 Å². The van der Waals surface area contributed by atoms with Gasteiger partial charge in [-0.25, -0.2) is 0 Å². The topological polar surface area (TPSA) is 58.6 Å². The molecule has 0 amide bonds. The molecular formula is C25H24N2O. The first-order chi connectivity index (χ1) is 13.7. The fourth-order valence-electron chi connectivity index (χ4n) is 3.26. The van der Waals surface area contributed by atoms with E-state index >= 15 is 0 Å². The zero-order chi connectivity index (χ0) is 19.8. The first kappa shape index (κ1) is 19.2. The zero-order valence-electron chi connectivity index (χ0n) is 15.9. The number of benzene rings is 3. The second-order valence-electron chi connectivity index (χ2n) is 6.42. The molecular weight excluding hydrogens is 344 g/mol. The maximum atomic E-state index is 8.66. The van der Waals surface area contributed by atoms with E-state index in [-0.39, 0.29) is 5.84 Å². The van der Waals surface area contributed by atoms with Crippen LogP contribution in [0.5, 0.6) is 0 Å². The van der Waals surface area contributed by atoms with Crippen LogP contribution in [0.1, 0.15) is 35.6 Å². The minimum Gasteiger partial charge on any atom is -0.409 e. The van der Waals surface area contributed by atoms with E-state index in [4.69, 9.17) is 10.9 Å². The number of nitrogens with zero attached hydrogens (tertiary/aromatic N) is 1. The Labute approximate surface area is 166 Å². The minimum atomic E-state index is 0.0753. The summed E-state index contributed by atoms with van der Waals surface area (Å²) in [6, 6.07) is 29.3. The van der Waals surface area contributed by atoms with Gasteiger partial charge in [0.25, 0.3) is 0 Å². The molecule has 3 rings (SSSR count). The first-order valence-electron chi connectivity index (χ1n) is 9.33. The van der Waals surface area contributed by atoms with Crippen LogP contribution in [0.25, 0.3) is 17.2 Å². The second kappa shape index (κ2) is 9.38. The van der Waals surface area contributed by atoms with Gasteiger partial charge in [0, 0.05) is 0 Å². The van der Waals surface area contributed by atoms with E-state index in [9.17, 15) is 0 Å². The molecule has 3 aromatic rings. The van der Waals surface area contributed by atoms with Crippen molar-refractivity contribution in [3.63, 3.8) is 0 Å². The number of rotatable bonds is 6. The van der Waals surface area contributed by atoms with Crippen molar-refractivity contribution in [2.45, 2.75) is 13.3 Å². The van der Waals surface area contributed by atoms with Crippen molar-refractivity contribution in [2.75, 3.05) is 0 Å². The van der Waals surface area contributed by atoms with Gasteiger partial charge in [-0.2, -0.15) is 0 Å². The van der Waals surface area contributed by atoms with E-state index in [1.165, 1.54) is 22.3 Å². The van der Waals surface area contributed by atoms with Crippen LogP contribution in [0, 0.1) is 0 Å². The minimum absolute atomic E-state index is 0.0753. The molecule has 140 valence electrons. The third-order valence-corrected chi connectivity index (χ3v) is 4.60. The van der Waals surface area contributed by atoms with Crippen LogP contribution in [0.3, 0.4) is 0 Å². The summed E-state index contributed by atoms with van der Waals surface area (Å²) in [5.74, 6) is 0.0753. The van der Waals surface area contributed by atoms with Crippen LogP contribution in [0.15, 0.2) is 96.2 Å². The number of amidine groups is 1. The van der Waals surface area contributed by atoms with Crippen molar-refractivity contribution in [3.8, 4) is 0 Å². The fourth-order valence-corrected chi connectivity index (χ4v) is 3.26. The van der Waals surface area contributed by atoms with Gasteiger partial charge in [-0.15, -0.1) is 0 Å². The summed E-state index contributed by atoms with van der Waals surface area (Å²) in [6.45, 7) is 2.19. The number of oxime groups is 1. The predicted molar refractivity (Wildman–Crippen MR) is 118 cm³/mol. The van der Waals surface area contributed by atoms with E-state index in [1.54, 1.807) is 6.08 Å². The highest BCUT2D eigenvalue weighted by molar-refractivity contribution is 5.99. The molecule has 3 aromatic carbocycles. The Morgan fingerprint density at radius 2 is 1.36 bits per heavy atom. The molecule has 0 aliphatic carbocycles. The third-order valence-electron chi connectivity index (χ3n) is 4.60. The lowest BCUT2D eigenvalue weighted by atomic mass is 9.88. The molecule has 0 radical (unpaired) electrons. The average Bonchev–Trinajstić information content (AvgIpc) is 2.77. The maximum absolute atomic E-state index is 8.66. The van der Waals surface area contributed by atoms with E-state index in [0.29, 0.717) is 0 Å². The highest BCUT2D eigenvalue weighted by Crippen LogP contribution is 2.34. The van der Waals surface area contributed by atoms with Crippen molar-refractivity contribution in [2.24, 2.45) is 10.9 Å². The Morgan fingerprint density at radius 3 is 1.89 bits per heavy atom. The highest BCUT2D eigenvalue weighted by atomic mass is 16.4. The standard InChI is InChI=1S/C25H24N2O/c1-2-23(20-9-5-3-6-10-20)25(21-11-7-4-8-12-21)22-16-13-19(14-17-22)15-18-24(26)27-28/h3-18,28H,2H2,1H3,(H2,26,27)/b18-15?,25-23-. The molecule has 0 bridgehead atoms. The maximum Gasteiger partial charge on any atom is 0.162 e. The van der Waals surface area contributed by atoms with Crippen LogP contribution in [-0.4, -0.2) is 11.0 Å². The number of hydrogen-bond acceptors (Lipinski definition) is 2. The van der Waals surface area contributed by atoms with Gasteiger partial charge < -0.3 is 10.9 Å². The molecule has 3 N–H and O–H groups in total. The molecule has 3 nitrogen and oxygen atoms in total. The van der Waals surface area contributed by atoms with Crippen molar-refractivity contribution in [1.82, 2.24) is 0 Å². The summed E-state index contributed by atoms with van der Waals surface area (Å²) < 4.78 is 0. The summed E-state index contributed by atoms with van der Waals surface area (Å²) in [4.78, 5) is 0. The third kappa shape index (κ3) is 4.57. The van der Waals surface area contributed by atoms with Crippen molar-refractivity contribution >= 4 is 23.1 Å². The van der Waals surface area contributed by atoms with E-state index in [1.807, 2.05) is 30.3 Å². The smallest absolute Gasteiger partial charge is 0.162 e. The predicted octanol–water partition coefficient (Wildman–Crippen LogP) is 5.82. The molecule has 0 aromatic heterocycles. The van der Waals surface area contributed by atoms with E-state index in [2.05, 4.69) is 72.7 Å². The fraction of sp³-hybridized carbons (Fsp3) is 0.0800. The Hall–Kier alpha value is -3.59. The molecule has 0 fully saturated rings. The molecule has 0 spiro atoms. The molecule has 0 unspecified atom stereocenters. The summed E-state index contributed by atoms with van der Waals surface area (Å²) in [6.07, 6.45) is 4.33. The quantitative estimate of drug-likeness (QED) is 0.189. The molecule has 0 aliphatic rings. The number of allylic oxidation sites excluding steroid dienone is 1. The number of hydrogen-bond donors (Lipinski definition) is 2. The molecule has 0 saturated carbocycles. The van der Waals surface area contributed by atoms with Gasteiger partial charge in [0.1, 0.15) is 0 Å². The lowest BCUT2D eigenvalue weighted by molar-refractivity contribution is 0.319. The Bertz CT molecular complexity index is 986. The highest BCUT2D eigenvalue weighted by Gasteiger charge is 2.12. The summed E-state index contributed by atoms with van der Waals surface area (Å²) in [5, 5.41) is 11.6. The lowest BCUT2D eigenvalue weighted by Gasteiger charge is -2.16. The Kier molecular flexibility index (Phi) is 6.42. The van der Waals surface area contributed by atoms with Gasteiger partial charge >= 0.3 is 0 Å². The molecule has 28 heavy (non-hydrogen) atoms. The summed E-state index contributed by atoms with van der Waals surface area (Å²) in [7, 11) is 0. The van der Waals surface area contributed by atoms with Crippen LogP contribution >= 0.6 is 0 Å². The van der Waals surface area contributed by atoms with Gasteiger partial charge in [-0.1, -0.05) is 103 Å². The summed E-state index contributed by atoms with van der Waals surface area (Å²) in [5.41, 5.74) is 12.6. The normalized spacial score (nSPS) is 12.8. The second-order valence-corrected chi connectivity index (χ2v) is 6.42. The molecule has 0 atom stereocenters. The first-order valence-corrected chi connectivity index (χ1v) is 9.33. The number of nitrogens with two attached hydrogens (primary N) is 1. The zero-order valence-corrected chi connectivity index (χ0v) is 15.9. The van der Waals surface area contributed by atoms with Gasteiger partial charge in [0.15, 0.2) is 5.84 Å². The molecule has 0 aliphatic heterocycles. The Morgan fingerprint density at radius 1 is 0.821 bits per heavy atom. The van der Waals surface area contributed by atoms with Crippen LogP contribution < -0.4 is 5.73 Å². The van der Waals surface area contributed by atoms with Gasteiger partial charge in [0.2, 0.25) is 0 Å². The molecule has 3 heteroatoms. The van der Waals surface area contributed by atoms with Crippen LogP contribution in [0.4, 0.5) is 0 Å². The monoisotopic (exact) mass is 368 g/mol. The van der Waals surface area contributed by atoms with Gasteiger partial charge in [-0.05, 0) is 45.9 Å². The van der Waals surface area contributed by atoms with Crippen molar-refractivity contribution in [1.29, 1.82) is 0 Å². The average molecular weight is 368 g/mol. The SMILES string of the molecule is CC/C(=C(\c1ccccc1)c1ccc(C=CC(N)=NO)cc1)c1ccccc1. The van der Waals surface area contributed by atoms with Crippen molar-refractivity contribution < 1.29 is 5.21 Å². The molecule has 0 saturated heterocycles. The lowest BCUT2D eigenvalue weighted by Crippen LogP contribution is -2.06. The molecule has 0 heterocycles. The largest absolute Gasteiger partial charge is 0.409 e. The van der Waals surface area contributed by atoms with Crippen molar-refractivity contribution in [3.05, 3.63) is 113 Å². The summed E-state index contributed by atoms with van der Waals surface area (Å²) >= 11 is 0. The van der Waals surface area contributed by atoms with Crippen LogP contribution in [-0.2, 0) is 0 Å².